The minimum atomic E-state index is 0.381. The van der Waals surface area contributed by atoms with Gasteiger partial charge in [0.25, 0.3) is 0 Å². The van der Waals surface area contributed by atoms with Crippen molar-refractivity contribution in [2.45, 2.75) is 40.3 Å². The molecular weight excluding hydrogens is 284 g/mol. The average molecular weight is 305 g/mol. The number of ether oxygens (including phenoxy) is 1. The van der Waals surface area contributed by atoms with Crippen molar-refractivity contribution in [3.8, 4) is 11.6 Å². The van der Waals surface area contributed by atoms with Gasteiger partial charge in [-0.15, -0.1) is 0 Å². The van der Waals surface area contributed by atoms with Gasteiger partial charge >= 0.3 is 0 Å². The smallest absolute Gasteiger partial charge is 0.219 e. The molecule has 0 aliphatic carbocycles. The number of nitrogens with one attached hydrogen (secondary N) is 1. The molecule has 0 amide bonds. The highest BCUT2D eigenvalue weighted by Crippen LogP contribution is 2.25. The fraction of sp³-hybridized carbons (Fsp3) is 0.353. The van der Waals surface area contributed by atoms with Gasteiger partial charge in [0.15, 0.2) is 0 Å². The molecule has 0 radical (unpaired) electrons. The van der Waals surface area contributed by atoms with E-state index < -0.39 is 0 Å². The molecule has 0 atom stereocenters. The molecule has 1 aromatic carbocycles. The molecule has 2 rings (SSSR count). The molecule has 1 aromatic heterocycles. The van der Waals surface area contributed by atoms with Crippen LogP contribution in [0.4, 0.5) is 0 Å². The lowest BCUT2D eigenvalue weighted by Crippen LogP contribution is -2.22. The number of benzene rings is 1. The fourth-order valence-corrected chi connectivity index (χ4v) is 2.23. The topological polar surface area (TPSA) is 34.1 Å². The van der Waals surface area contributed by atoms with Crippen molar-refractivity contribution < 1.29 is 4.74 Å². The molecule has 0 spiro atoms. The van der Waals surface area contributed by atoms with Gasteiger partial charge in [-0.05, 0) is 43.2 Å². The Hall–Kier alpha value is -1.58. The van der Waals surface area contributed by atoms with Crippen LogP contribution in [0.5, 0.6) is 11.6 Å². The Morgan fingerprint density at radius 1 is 1.14 bits per heavy atom. The third-order valence-corrected chi connectivity index (χ3v) is 3.33. The maximum Gasteiger partial charge on any atom is 0.219 e. The highest BCUT2D eigenvalue weighted by atomic mass is 35.5. The van der Waals surface area contributed by atoms with Crippen molar-refractivity contribution >= 4 is 11.6 Å². The summed E-state index contributed by atoms with van der Waals surface area (Å²) in [6.07, 6.45) is 0. The van der Waals surface area contributed by atoms with Crippen LogP contribution in [-0.4, -0.2) is 11.0 Å². The molecule has 0 aliphatic heterocycles. The van der Waals surface area contributed by atoms with E-state index in [1.54, 1.807) is 6.07 Å². The van der Waals surface area contributed by atoms with E-state index in [9.17, 15) is 0 Å². The quantitative estimate of drug-likeness (QED) is 0.873. The highest BCUT2D eigenvalue weighted by molar-refractivity contribution is 6.31. The molecule has 4 heteroatoms. The van der Waals surface area contributed by atoms with Crippen LogP contribution in [0, 0.1) is 13.8 Å². The molecule has 0 saturated carbocycles. The second-order valence-electron chi connectivity index (χ2n) is 5.54. The van der Waals surface area contributed by atoms with E-state index in [0.29, 0.717) is 23.5 Å². The van der Waals surface area contributed by atoms with Crippen LogP contribution in [0.1, 0.15) is 30.7 Å². The summed E-state index contributed by atoms with van der Waals surface area (Å²) in [5.41, 5.74) is 3.13. The maximum absolute atomic E-state index is 6.18. The van der Waals surface area contributed by atoms with E-state index in [1.807, 2.05) is 32.0 Å². The summed E-state index contributed by atoms with van der Waals surface area (Å²) >= 11 is 6.18. The molecule has 1 heterocycles. The first kappa shape index (κ1) is 15.8. The van der Waals surface area contributed by atoms with Gasteiger partial charge in [0, 0.05) is 18.7 Å². The maximum atomic E-state index is 6.18. The number of halogens is 1. The van der Waals surface area contributed by atoms with Crippen LogP contribution in [0.2, 0.25) is 5.02 Å². The third kappa shape index (κ3) is 4.73. The summed E-state index contributed by atoms with van der Waals surface area (Å²) in [6.45, 7) is 8.90. The molecule has 0 bridgehead atoms. The van der Waals surface area contributed by atoms with Crippen molar-refractivity contribution in [3.63, 3.8) is 0 Å². The molecule has 0 unspecified atom stereocenters. The first-order valence-corrected chi connectivity index (χ1v) is 7.47. The van der Waals surface area contributed by atoms with Crippen LogP contribution in [-0.2, 0) is 6.54 Å². The number of hydrogen-bond acceptors (Lipinski definition) is 3. The van der Waals surface area contributed by atoms with Gasteiger partial charge in [0.05, 0.1) is 10.7 Å². The van der Waals surface area contributed by atoms with Crippen molar-refractivity contribution in [2.75, 3.05) is 0 Å². The summed E-state index contributed by atoms with van der Waals surface area (Å²) in [5.74, 6) is 1.36. The van der Waals surface area contributed by atoms with E-state index in [4.69, 9.17) is 16.3 Å². The predicted octanol–water partition coefficient (Wildman–Crippen LogP) is 4.64. The van der Waals surface area contributed by atoms with Crippen molar-refractivity contribution in [3.05, 3.63) is 52.2 Å². The van der Waals surface area contributed by atoms with Gasteiger partial charge in [-0.25, -0.2) is 4.98 Å². The molecule has 0 aliphatic rings. The van der Waals surface area contributed by atoms with Crippen LogP contribution in [0.25, 0.3) is 0 Å². The zero-order valence-corrected chi connectivity index (χ0v) is 13.7. The summed E-state index contributed by atoms with van der Waals surface area (Å²) in [5, 5.41) is 3.96. The second kappa shape index (κ2) is 6.92. The zero-order chi connectivity index (χ0) is 15.4. The normalized spacial score (nSPS) is 11.0. The number of pyridine rings is 1. The summed E-state index contributed by atoms with van der Waals surface area (Å²) in [4.78, 5) is 4.48. The average Bonchev–Trinajstić information content (AvgIpc) is 2.38. The van der Waals surface area contributed by atoms with E-state index in [2.05, 4.69) is 30.2 Å². The molecule has 0 saturated heterocycles. The number of hydrogen-bond donors (Lipinski definition) is 1. The number of aryl methyl sites for hydroxylation is 2. The molecule has 0 fully saturated rings. The molecular formula is C17H21ClN2O. The van der Waals surface area contributed by atoms with Crippen molar-refractivity contribution in [1.29, 1.82) is 0 Å². The van der Waals surface area contributed by atoms with Crippen LogP contribution in [0.3, 0.4) is 0 Å². The SMILES string of the molecule is Cc1cc(C)cc(Oc2ccc(Cl)c(CNC(C)C)n2)c1. The Labute approximate surface area is 131 Å². The van der Waals surface area contributed by atoms with Crippen LogP contribution in [0.15, 0.2) is 30.3 Å². The lowest BCUT2D eigenvalue weighted by Gasteiger charge is -2.11. The van der Waals surface area contributed by atoms with E-state index in [1.165, 1.54) is 11.1 Å². The third-order valence-electron chi connectivity index (χ3n) is 2.99. The van der Waals surface area contributed by atoms with Gasteiger partial charge in [-0.2, -0.15) is 0 Å². The first-order chi connectivity index (χ1) is 9.94. The summed E-state index contributed by atoms with van der Waals surface area (Å²) in [7, 11) is 0. The second-order valence-corrected chi connectivity index (χ2v) is 5.95. The number of rotatable bonds is 5. The Balaban J connectivity index is 2.18. The summed E-state index contributed by atoms with van der Waals surface area (Å²) in [6, 6.07) is 10.1. The largest absolute Gasteiger partial charge is 0.439 e. The Morgan fingerprint density at radius 2 is 1.81 bits per heavy atom. The first-order valence-electron chi connectivity index (χ1n) is 7.09. The van der Waals surface area contributed by atoms with E-state index in [-0.39, 0.29) is 0 Å². The Morgan fingerprint density at radius 3 is 2.43 bits per heavy atom. The predicted molar refractivity (Wildman–Crippen MR) is 87.2 cm³/mol. The lowest BCUT2D eigenvalue weighted by atomic mass is 10.1. The molecule has 3 nitrogen and oxygen atoms in total. The van der Waals surface area contributed by atoms with Gasteiger partial charge in [0.1, 0.15) is 5.75 Å². The minimum Gasteiger partial charge on any atom is -0.439 e. The van der Waals surface area contributed by atoms with Crippen LogP contribution >= 0.6 is 11.6 Å². The van der Waals surface area contributed by atoms with Crippen LogP contribution < -0.4 is 10.1 Å². The molecule has 112 valence electrons. The van der Waals surface area contributed by atoms with Gasteiger partial charge in [0.2, 0.25) is 5.88 Å². The molecule has 21 heavy (non-hydrogen) atoms. The minimum absolute atomic E-state index is 0.381. The fourth-order valence-electron chi connectivity index (χ4n) is 2.06. The molecule has 2 aromatic rings. The standard InChI is InChI=1S/C17H21ClN2O/c1-11(2)19-10-16-15(18)5-6-17(20-16)21-14-8-12(3)7-13(4)9-14/h5-9,11,19H,10H2,1-4H3. The van der Waals surface area contributed by atoms with Gasteiger partial charge < -0.3 is 10.1 Å². The van der Waals surface area contributed by atoms with Crippen molar-refractivity contribution in [2.24, 2.45) is 0 Å². The Kier molecular flexibility index (Phi) is 5.21. The van der Waals surface area contributed by atoms with Crippen molar-refractivity contribution in [1.82, 2.24) is 10.3 Å². The molecule has 1 N–H and O–H groups in total. The summed E-state index contributed by atoms with van der Waals surface area (Å²) < 4.78 is 5.84. The van der Waals surface area contributed by atoms with Gasteiger partial charge in [-0.3, -0.25) is 0 Å². The monoisotopic (exact) mass is 304 g/mol. The number of aromatic nitrogens is 1. The Bertz CT molecular complexity index is 606. The van der Waals surface area contributed by atoms with E-state index in [0.717, 1.165) is 11.4 Å². The van der Waals surface area contributed by atoms with Gasteiger partial charge in [-0.1, -0.05) is 31.5 Å². The number of nitrogens with zero attached hydrogens (tertiary/aromatic N) is 1. The van der Waals surface area contributed by atoms with E-state index >= 15 is 0 Å². The highest BCUT2D eigenvalue weighted by Gasteiger charge is 2.07. The zero-order valence-electron chi connectivity index (χ0n) is 12.9. The lowest BCUT2D eigenvalue weighted by molar-refractivity contribution is 0.457.